The highest BCUT2D eigenvalue weighted by Gasteiger charge is 2.19. The van der Waals surface area contributed by atoms with Gasteiger partial charge in [0.05, 0.1) is 0 Å². The first kappa shape index (κ1) is 13.5. The summed E-state index contributed by atoms with van der Waals surface area (Å²) in [7, 11) is 0. The third-order valence-corrected chi connectivity index (χ3v) is 2.58. The molecule has 2 N–H and O–H groups in total. The molecule has 1 rings (SSSR count). The zero-order valence-corrected chi connectivity index (χ0v) is 10.3. The van der Waals surface area contributed by atoms with E-state index in [-0.39, 0.29) is 5.91 Å². The Morgan fingerprint density at radius 3 is 2.81 bits per heavy atom. The van der Waals surface area contributed by atoms with Crippen LogP contribution < -0.4 is 10.6 Å². The number of ether oxygens (including phenoxy) is 1. The standard InChI is InChI=1S/C12H24N2O2/c1-2-16-10-3-5-12(15)14-9-4-8-13-11-6-7-11/h11,13H,2-10H2,1H3,(H,14,15). The van der Waals surface area contributed by atoms with Gasteiger partial charge in [0, 0.05) is 32.2 Å². The van der Waals surface area contributed by atoms with Crippen molar-refractivity contribution in [3.8, 4) is 0 Å². The molecular formula is C12H24N2O2. The van der Waals surface area contributed by atoms with Crippen LogP contribution in [0.5, 0.6) is 0 Å². The van der Waals surface area contributed by atoms with Crippen LogP contribution in [0.15, 0.2) is 0 Å². The van der Waals surface area contributed by atoms with Crippen LogP contribution in [-0.4, -0.2) is 38.3 Å². The van der Waals surface area contributed by atoms with Gasteiger partial charge in [-0.25, -0.2) is 0 Å². The molecule has 1 saturated carbocycles. The summed E-state index contributed by atoms with van der Waals surface area (Å²) in [4.78, 5) is 11.3. The molecule has 0 radical (unpaired) electrons. The van der Waals surface area contributed by atoms with Gasteiger partial charge in [-0.15, -0.1) is 0 Å². The topological polar surface area (TPSA) is 50.4 Å². The van der Waals surface area contributed by atoms with Crippen molar-refractivity contribution in [1.82, 2.24) is 10.6 Å². The summed E-state index contributed by atoms with van der Waals surface area (Å²) in [6, 6.07) is 0.766. The van der Waals surface area contributed by atoms with Gasteiger partial charge in [0.15, 0.2) is 0 Å². The van der Waals surface area contributed by atoms with E-state index >= 15 is 0 Å². The van der Waals surface area contributed by atoms with E-state index in [9.17, 15) is 4.79 Å². The highest BCUT2D eigenvalue weighted by atomic mass is 16.5. The van der Waals surface area contributed by atoms with Crippen molar-refractivity contribution in [3.63, 3.8) is 0 Å². The van der Waals surface area contributed by atoms with Crippen molar-refractivity contribution in [1.29, 1.82) is 0 Å². The lowest BCUT2D eigenvalue weighted by Gasteiger charge is -2.06. The van der Waals surface area contributed by atoms with Crippen LogP contribution in [0, 0.1) is 0 Å². The van der Waals surface area contributed by atoms with Crippen molar-refractivity contribution in [3.05, 3.63) is 0 Å². The maximum Gasteiger partial charge on any atom is 0.220 e. The Kier molecular flexibility index (Phi) is 7.17. The van der Waals surface area contributed by atoms with Crippen molar-refractivity contribution < 1.29 is 9.53 Å². The maximum atomic E-state index is 11.3. The van der Waals surface area contributed by atoms with E-state index < -0.39 is 0 Å². The van der Waals surface area contributed by atoms with Gasteiger partial charge in [0.25, 0.3) is 0 Å². The van der Waals surface area contributed by atoms with Crippen molar-refractivity contribution in [2.75, 3.05) is 26.3 Å². The van der Waals surface area contributed by atoms with E-state index in [1.54, 1.807) is 0 Å². The van der Waals surface area contributed by atoms with E-state index in [1.165, 1.54) is 12.8 Å². The first-order valence-corrected chi connectivity index (χ1v) is 6.40. The average molecular weight is 228 g/mol. The Balaban J connectivity index is 1.77. The first-order chi connectivity index (χ1) is 7.83. The Morgan fingerprint density at radius 1 is 1.31 bits per heavy atom. The van der Waals surface area contributed by atoms with Gasteiger partial charge in [-0.2, -0.15) is 0 Å². The van der Waals surface area contributed by atoms with Crippen molar-refractivity contribution >= 4 is 5.91 Å². The summed E-state index contributed by atoms with van der Waals surface area (Å²) in [6.07, 6.45) is 5.07. The average Bonchev–Trinajstić information content (AvgIpc) is 3.08. The number of hydrogen-bond acceptors (Lipinski definition) is 3. The predicted molar refractivity (Wildman–Crippen MR) is 64.4 cm³/mol. The minimum Gasteiger partial charge on any atom is -0.382 e. The Labute approximate surface area is 98.1 Å². The predicted octanol–water partition coefficient (Wildman–Crippen LogP) is 1.06. The number of nitrogens with one attached hydrogen (secondary N) is 2. The number of hydrogen-bond donors (Lipinski definition) is 2. The zero-order valence-electron chi connectivity index (χ0n) is 10.3. The molecule has 4 nitrogen and oxygen atoms in total. The van der Waals surface area contributed by atoms with Crippen LogP contribution in [0.4, 0.5) is 0 Å². The molecule has 0 spiro atoms. The molecule has 0 aromatic rings. The normalized spacial score (nSPS) is 15.1. The van der Waals surface area contributed by atoms with Crippen LogP contribution in [0.25, 0.3) is 0 Å². The lowest BCUT2D eigenvalue weighted by molar-refractivity contribution is -0.121. The summed E-state index contributed by atoms with van der Waals surface area (Å²) in [5.41, 5.74) is 0. The van der Waals surface area contributed by atoms with Crippen LogP contribution in [0.2, 0.25) is 0 Å². The Morgan fingerprint density at radius 2 is 2.12 bits per heavy atom. The SMILES string of the molecule is CCOCCCC(=O)NCCCNC1CC1. The molecule has 1 aliphatic carbocycles. The maximum absolute atomic E-state index is 11.3. The molecule has 0 saturated heterocycles. The van der Waals surface area contributed by atoms with Gasteiger partial charge >= 0.3 is 0 Å². The van der Waals surface area contributed by atoms with E-state index in [4.69, 9.17) is 4.74 Å². The van der Waals surface area contributed by atoms with Crippen molar-refractivity contribution in [2.45, 2.75) is 45.1 Å². The van der Waals surface area contributed by atoms with E-state index in [0.29, 0.717) is 13.0 Å². The summed E-state index contributed by atoms with van der Waals surface area (Å²) in [5.74, 6) is 0.145. The molecule has 0 unspecified atom stereocenters. The van der Waals surface area contributed by atoms with Crippen LogP contribution in [0.3, 0.4) is 0 Å². The van der Waals surface area contributed by atoms with E-state index in [2.05, 4.69) is 10.6 Å². The fourth-order valence-electron chi connectivity index (χ4n) is 1.48. The third kappa shape index (κ3) is 7.65. The molecule has 16 heavy (non-hydrogen) atoms. The summed E-state index contributed by atoms with van der Waals surface area (Å²) in [6.45, 7) is 5.19. The van der Waals surface area contributed by atoms with E-state index in [0.717, 1.165) is 38.6 Å². The second-order valence-electron chi connectivity index (χ2n) is 4.23. The monoisotopic (exact) mass is 228 g/mol. The van der Waals surface area contributed by atoms with Gasteiger partial charge in [0.1, 0.15) is 0 Å². The molecule has 0 bridgehead atoms. The zero-order chi connectivity index (χ0) is 11.6. The van der Waals surface area contributed by atoms with Gasteiger partial charge in [0.2, 0.25) is 5.91 Å². The molecule has 94 valence electrons. The molecule has 0 atom stereocenters. The number of carbonyl (C=O) groups is 1. The largest absolute Gasteiger partial charge is 0.382 e. The van der Waals surface area contributed by atoms with Crippen LogP contribution in [-0.2, 0) is 9.53 Å². The molecule has 4 heteroatoms. The van der Waals surface area contributed by atoms with Gasteiger partial charge in [-0.3, -0.25) is 4.79 Å². The smallest absolute Gasteiger partial charge is 0.220 e. The summed E-state index contributed by atoms with van der Waals surface area (Å²) < 4.78 is 5.17. The molecule has 0 aromatic heterocycles. The fraction of sp³-hybridized carbons (Fsp3) is 0.917. The Hall–Kier alpha value is -0.610. The van der Waals surface area contributed by atoms with Crippen LogP contribution in [0.1, 0.15) is 39.0 Å². The summed E-state index contributed by atoms with van der Waals surface area (Å²) in [5, 5.41) is 6.34. The molecule has 0 aromatic carbocycles. The van der Waals surface area contributed by atoms with Crippen molar-refractivity contribution in [2.24, 2.45) is 0 Å². The minimum absolute atomic E-state index is 0.145. The highest BCUT2D eigenvalue weighted by molar-refractivity contribution is 5.75. The van der Waals surface area contributed by atoms with Gasteiger partial charge < -0.3 is 15.4 Å². The molecule has 1 fully saturated rings. The third-order valence-electron chi connectivity index (χ3n) is 2.58. The quantitative estimate of drug-likeness (QED) is 0.550. The molecule has 0 heterocycles. The number of carbonyl (C=O) groups excluding carboxylic acids is 1. The van der Waals surface area contributed by atoms with Crippen LogP contribution >= 0.6 is 0 Å². The second-order valence-corrected chi connectivity index (χ2v) is 4.23. The van der Waals surface area contributed by atoms with Gasteiger partial charge in [-0.1, -0.05) is 0 Å². The molecule has 1 aliphatic rings. The lowest BCUT2D eigenvalue weighted by Crippen LogP contribution is -2.27. The molecule has 1 amide bonds. The van der Waals surface area contributed by atoms with Gasteiger partial charge in [-0.05, 0) is 39.2 Å². The second kappa shape index (κ2) is 8.53. The molecule has 0 aliphatic heterocycles. The number of rotatable bonds is 10. The van der Waals surface area contributed by atoms with E-state index in [1.807, 2.05) is 6.92 Å². The number of amides is 1. The highest BCUT2D eigenvalue weighted by Crippen LogP contribution is 2.18. The first-order valence-electron chi connectivity index (χ1n) is 6.40. The fourth-order valence-corrected chi connectivity index (χ4v) is 1.48. The minimum atomic E-state index is 0.145. The molecular weight excluding hydrogens is 204 g/mol. The Bertz CT molecular complexity index is 193. The lowest BCUT2D eigenvalue weighted by atomic mass is 10.3. The summed E-state index contributed by atoms with van der Waals surface area (Å²) >= 11 is 0.